The zero-order valence-electron chi connectivity index (χ0n) is 29.0. The largest absolute Gasteiger partial charge is 0.392 e. The lowest BCUT2D eigenvalue weighted by molar-refractivity contribution is -0.276. The summed E-state index contributed by atoms with van der Waals surface area (Å²) in [5, 5.41) is 22.6. The molecule has 1 amide bonds. The van der Waals surface area contributed by atoms with Gasteiger partial charge in [-0.3, -0.25) is 9.69 Å². The van der Waals surface area contributed by atoms with Crippen molar-refractivity contribution in [3.63, 3.8) is 0 Å². The van der Waals surface area contributed by atoms with Gasteiger partial charge in [0.05, 0.1) is 29.8 Å². The van der Waals surface area contributed by atoms with Crippen molar-refractivity contribution in [1.29, 1.82) is 0 Å². The number of β-amino-alcohol motifs (C(OH)–C–C–N with tert-alkyl or cyclic N) is 1. The van der Waals surface area contributed by atoms with Crippen LogP contribution in [0.4, 0.5) is 0 Å². The second-order valence-electron chi connectivity index (χ2n) is 13.7. The fourth-order valence-electron chi connectivity index (χ4n) is 6.68. The fourth-order valence-corrected chi connectivity index (χ4v) is 7.87. The maximum absolute atomic E-state index is 13.5. The number of carbonyl (C=O) groups excluding carboxylic acids is 1. The van der Waals surface area contributed by atoms with E-state index in [0.29, 0.717) is 13.1 Å². The molecule has 6 rings (SSSR count). The van der Waals surface area contributed by atoms with Crippen LogP contribution in [0.1, 0.15) is 59.1 Å². The van der Waals surface area contributed by atoms with E-state index >= 15 is 0 Å². The average molecular weight is 714 g/mol. The first kappa shape index (κ1) is 36.8. The fraction of sp³-hybridized carbons (Fsp3) is 0.375. The summed E-state index contributed by atoms with van der Waals surface area (Å²) in [6, 6.07) is 30.2. The lowest BCUT2D eigenvalue weighted by Crippen LogP contribution is -2.47. The molecule has 4 aromatic rings. The molecule has 0 aromatic heterocycles. The monoisotopic (exact) mass is 713 g/mol. The second-order valence-corrected chi connectivity index (χ2v) is 15.4. The van der Waals surface area contributed by atoms with E-state index in [1.165, 1.54) is 12.1 Å². The number of carbonyl (C=O) groups is 1. The standard InChI is InChI=1S/C40H47N3O7S/c1-27-8-18-35(19-9-27)51(47,48)42-36(22-29-6-4-3-5-7-29)39(46)41-23-30-10-16-33(17-11-30)40-49-37(25-43-21-20-34(45)24-43)28(2)38(50-40)32-14-12-31(26-44)13-15-32/h3-19,28,34,36-38,40,42,44-45H,20-26H2,1-2H3,(H,41,46). The minimum Gasteiger partial charge on any atom is -0.392 e. The van der Waals surface area contributed by atoms with Crippen LogP contribution >= 0.6 is 0 Å². The Labute approximate surface area is 300 Å². The molecule has 0 saturated carbocycles. The Hall–Kier alpha value is -3.94. The number of sulfonamides is 1. The minimum atomic E-state index is -3.95. The Morgan fingerprint density at radius 2 is 1.55 bits per heavy atom. The number of aryl methyl sites for hydroxylation is 1. The van der Waals surface area contributed by atoms with Gasteiger partial charge in [0.2, 0.25) is 15.9 Å². The zero-order valence-corrected chi connectivity index (χ0v) is 29.8. The summed E-state index contributed by atoms with van der Waals surface area (Å²) in [5.74, 6) is -0.405. The third-order valence-electron chi connectivity index (χ3n) is 9.76. The summed E-state index contributed by atoms with van der Waals surface area (Å²) in [6.45, 7) is 6.27. The molecule has 6 unspecified atom stereocenters. The number of aliphatic hydroxyl groups excluding tert-OH is 2. The van der Waals surface area contributed by atoms with Crippen molar-refractivity contribution in [2.75, 3.05) is 19.6 Å². The molecule has 0 radical (unpaired) electrons. The molecule has 0 bridgehead atoms. The number of benzene rings is 4. The smallest absolute Gasteiger partial charge is 0.241 e. The van der Waals surface area contributed by atoms with Crippen LogP contribution in [0.3, 0.4) is 0 Å². The van der Waals surface area contributed by atoms with E-state index in [0.717, 1.165) is 46.3 Å². The van der Waals surface area contributed by atoms with E-state index in [2.05, 4.69) is 21.9 Å². The summed E-state index contributed by atoms with van der Waals surface area (Å²) in [6.07, 6.45) is -0.438. The number of amides is 1. The summed E-state index contributed by atoms with van der Waals surface area (Å²) in [5.41, 5.74) is 5.25. The van der Waals surface area contributed by atoms with Crippen LogP contribution in [0.25, 0.3) is 0 Å². The van der Waals surface area contributed by atoms with Gasteiger partial charge in [-0.05, 0) is 54.2 Å². The van der Waals surface area contributed by atoms with Gasteiger partial charge in [0.15, 0.2) is 6.29 Å². The van der Waals surface area contributed by atoms with Crippen molar-refractivity contribution in [2.24, 2.45) is 5.92 Å². The molecule has 2 aliphatic heterocycles. The molecule has 11 heteroatoms. The number of nitrogens with one attached hydrogen (secondary N) is 2. The van der Waals surface area contributed by atoms with Crippen molar-refractivity contribution in [3.05, 3.63) is 137 Å². The van der Waals surface area contributed by atoms with E-state index in [-0.39, 0.29) is 48.7 Å². The topological polar surface area (TPSA) is 137 Å². The van der Waals surface area contributed by atoms with E-state index in [1.807, 2.05) is 85.8 Å². The highest BCUT2D eigenvalue weighted by Gasteiger charge is 2.40. The molecule has 6 atom stereocenters. The Morgan fingerprint density at radius 3 is 2.20 bits per heavy atom. The lowest BCUT2D eigenvalue weighted by atomic mass is 9.90. The van der Waals surface area contributed by atoms with E-state index in [1.54, 1.807) is 12.1 Å². The van der Waals surface area contributed by atoms with Gasteiger partial charge < -0.3 is 25.0 Å². The van der Waals surface area contributed by atoms with Crippen LogP contribution in [0.15, 0.2) is 108 Å². The van der Waals surface area contributed by atoms with Crippen LogP contribution in [-0.2, 0) is 43.9 Å². The molecule has 2 fully saturated rings. The molecule has 270 valence electrons. The number of nitrogens with zero attached hydrogens (tertiary/aromatic N) is 1. The van der Waals surface area contributed by atoms with E-state index in [9.17, 15) is 23.4 Å². The van der Waals surface area contributed by atoms with Crippen LogP contribution in [0, 0.1) is 12.8 Å². The summed E-state index contributed by atoms with van der Waals surface area (Å²) < 4.78 is 42.3. The van der Waals surface area contributed by atoms with Crippen molar-refractivity contribution < 1.29 is 32.9 Å². The maximum Gasteiger partial charge on any atom is 0.241 e. The maximum atomic E-state index is 13.5. The van der Waals surface area contributed by atoms with Crippen LogP contribution in [0.2, 0.25) is 0 Å². The summed E-state index contributed by atoms with van der Waals surface area (Å²) >= 11 is 0. The van der Waals surface area contributed by atoms with Gasteiger partial charge in [-0.15, -0.1) is 0 Å². The number of hydrogen-bond acceptors (Lipinski definition) is 8. The summed E-state index contributed by atoms with van der Waals surface area (Å²) in [4.78, 5) is 15.9. The molecule has 2 aliphatic rings. The number of aliphatic hydroxyl groups is 2. The van der Waals surface area contributed by atoms with Crippen molar-refractivity contribution in [3.8, 4) is 0 Å². The zero-order chi connectivity index (χ0) is 36.0. The molecule has 2 saturated heterocycles. The second kappa shape index (κ2) is 16.6. The van der Waals surface area contributed by atoms with Gasteiger partial charge in [0.1, 0.15) is 6.04 Å². The predicted molar refractivity (Wildman–Crippen MR) is 194 cm³/mol. The third kappa shape index (κ3) is 9.49. The third-order valence-corrected chi connectivity index (χ3v) is 11.2. The highest BCUT2D eigenvalue weighted by atomic mass is 32.2. The van der Waals surface area contributed by atoms with Crippen LogP contribution in [-0.4, -0.2) is 67.3 Å². The van der Waals surface area contributed by atoms with E-state index < -0.39 is 28.3 Å². The number of hydrogen-bond donors (Lipinski definition) is 4. The van der Waals surface area contributed by atoms with Crippen molar-refractivity contribution in [2.45, 2.75) is 75.4 Å². The Bertz CT molecular complexity index is 1840. The first-order chi connectivity index (χ1) is 24.6. The molecule has 4 N–H and O–H groups in total. The van der Waals surface area contributed by atoms with Crippen LogP contribution in [0.5, 0.6) is 0 Å². The normalized spacial score (nSPS) is 23.2. The minimum absolute atomic E-state index is 0.0284. The molecule has 0 aliphatic carbocycles. The average Bonchev–Trinajstić information content (AvgIpc) is 3.56. The Kier molecular flexibility index (Phi) is 12.0. The number of rotatable bonds is 13. The van der Waals surface area contributed by atoms with Crippen LogP contribution < -0.4 is 10.0 Å². The molecular formula is C40H47N3O7S. The first-order valence-corrected chi connectivity index (χ1v) is 19.0. The Morgan fingerprint density at radius 1 is 0.882 bits per heavy atom. The number of ether oxygens (including phenoxy) is 2. The lowest BCUT2D eigenvalue weighted by Gasteiger charge is -2.42. The van der Waals surface area contributed by atoms with Crippen molar-refractivity contribution >= 4 is 15.9 Å². The van der Waals surface area contributed by atoms with E-state index in [4.69, 9.17) is 9.47 Å². The SMILES string of the molecule is Cc1ccc(S(=O)(=O)NC(Cc2ccccc2)C(=O)NCc2ccc(C3OC(CN4CCC(O)C4)C(C)C(c4ccc(CO)cc4)O3)cc2)cc1. The molecule has 2 heterocycles. The van der Waals surface area contributed by atoms with Gasteiger partial charge in [-0.2, -0.15) is 4.72 Å². The molecule has 4 aromatic carbocycles. The molecule has 51 heavy (non-hydrogen) atoms. The van der Waals surface area contributed by atoms with Crippen molar-refractivity contribution in [1.82, 2.24) is 14.9 Å². The van der Waals surface area contributed by atoms with Gasteiger partial charge in [0, 0.05) is 37.7 Å². The molecule has 10 nitrogen and oxygen atoms in total. The van der Waals surface area contributed by atoms with Gasteiger partial charge >= 0.3 is 0 Å². The first-order valence-electron chi connectivity index (χ1n) is 17.5. The summed E-state index contributed by atoms with van der Waals surface area (Å²) in [7, 11) is -3.95. The highest BCUT2D eigenvalue weighted by Crippen LogP contribution is 2.42. The Balaban J connectivity index is 1.14. The number of likely N-dealkylation sites (tertiary alicyclic amines) is 1. The van der Waals surface area contributed by atoms with Gasteiger partial charge in [-0.25, -0.2) is 8.42 Å². The quantitative estimate of drug-likeness (QED) is 0.159. The highest BCUT2D eigenvalue weighted by molar-refractivity contribution is 7.89. The van der Waals surface area contributed by atoms with Gasteiger partial charge in [-0.1, -0.05) is 103 Å². The van der Waals surface area contributed by atoms with Gasteiger partial charge in [0.25, 0.3) is 0 Å². The molecular weight excluding hydrogens is 667 g/mol. The predicted octanol–water partition coefficient (Wildman–Crippen LogP) is 4.55. The molecule has 0 spiro atoms.